The minimum Gasteiger partial charge on any atom is -0.346 e. The first kappa shape index (κ1) is 23.3. The van der Waals surface area contributed by atoms with Crippen LogP contribution in [-0.4, -0.2) is 49.3 Å². The molecule has 0 unspecified atom stereocenters. The van der Waals surface area contributed by atoms with Crippen LogP contribution < -0.4 is 0 Å². The Bertz CT molecular complexity index is 1510. The van der Waals surface area contributed by atoms with Crippen molar-refractivity contribution in [3.8, 4) is 22.4 Å². The minimum absolute atomic E-state index is 0.287. The van der Waals surface area contributed by atoms with E-state index in [-0.39, 0.29) is 4.90 Å². The number of likely N-dealkylation sites (tertiary alicyclic amines) is 1. The summed E-state index contributed by atoms with van der Waals surface area (Å²) in [6.07, 6.45) is 7.68. The normalized spacial score (nSPS) is 15.3. The molecule has 2 aromatic heterocycles. The summed E-state index contributed by atoms with van der Waals surface area (Å²) in [7, 11) is -1.09. The lowest BCUT2D eigenvalue weighted by Crippen LogP contribution is -2.31. The first-order valence-electron chi connectivity index (χ1n) is 11.8. The molecule has 0 amide bonds. The van der Waals surface area contributed by atoms with Gasteiger partial charge in [-0.3, -0.25) is 4.98 Å². The first-order valence-corrected chi connectivity index (χ1v) is 13.7. The van der Waals surface area contributed by atoms with Crippen LogP contribution in [0.1, 0.15) is 12.8 Å². The highest BCUT2D eigenvalue weighted by Crippen LogP contribution is 2.38. The fraction of sp³-hybridized carbons (Fsp3) is 0.286. The molecule has 1 saturated heterocycles. The lowest BCUT2D eigenvalue weighted by molar-refractivity contribution is 0.206. The summed E-state index contributed by atoms with van der Waals surface area (Å²) in [5.74, 6) is 0.645. The Morgan fingerprint density at radius 1 is 1.00 bits per heavy atom. The molecule has 0 saturated carbocycles. The summed E-state index contributed by atoms with van der Waals surface area (Å²) in [6.45, 7) is 10.5. The fourth-order valence-electron chi connectivity index (χ4n) is 4.91. The van der Waals surface area contributed by atoms with E-state index in [0.717, 1.165) is 52.9 Å². The highest BCUT2D eigenvalue weighted by Gasteiger charge is 2.20. The zero-order valence-electron chi connectivity index (χ0n) is 20.0. The van der Waals surface area contributed by atoms with Crippen molar-refractivity contribution in [1.29, 1.82) is 0 Å². The lowest BCUT2D eigenvalue weighted by atomic mass is 9.95. The zero-order chi connectivity index (χ0) is 24.6. The maximum Gasteiger partial charge on any atom is 0.187 e. The molecular weight excluding hydrogens is 456 g/mol. The molecule has 5 rings (SSSR count). The Kier molecular flexibility index (Phi) is 6.18. The Morgan fingerprint density at radius 3 is 2.29 bits per heavy atom. The number of piperidine rings is 1. The minimum atomic E-state index is -3.28. The second-order valence-corrected chi connectivity index (χ2v) is 11.5. The number of sulfone groups is 1. The van der Waals surface area contributed by atoms with Crippen molar-refractivity contribution in [2.24, 2.45) is 5.92 Å². The molecular formula is C28H28N4O2S. The van der Waals surface area contributed by atoms with Crippen LogP contribution in [-0.2, 0) is 16.4 Å². The number of benzene rings is 2. The molecule has 0 radical (unpaired) electrons. The predicted molar refractivity (Wildman–Crippen MR) is 140 cm³/mol. The second kappa shape index (κ2) is 9.29. The maximum atomic E-state index is 11.9. The lowest BCUT2D eigenvalue weighted by Gasteiger charge is -2.29. The highest BCUT2D eigenvalue weighted by atomic mass is 32.2. The van der Waals surface area contributed by atoms with Gasteiger partial charge in [0.2, 0.25) is 0 Å². The van der Waals surface area contributed by atoms with E-state index in [9.17, 15) is 8.42 Å². The van der Waals surface area contributed by atoms with E-state index in [4.69, 9.17) is 11.6 Å². The number of nitrogens with zero attached hydrogens (tertiary/aromatic N) is 4. The van der Waals surface area contributed by atoms with E-state index >= 15 is 0 Å². The number of hydrogen-bond acceptors (Lipinski definition) is 4. The molecule has 0 N–H and O–H groups in total. The predicted octanol–water partition coefficient (Wildman–Crippen LogP) is 5.67. The van der Waals surface area contributed by atoms with Crippen molar-refractivity contribution < 1.29 is 8.42 Å². The van der Waals surface area contributed by atoms with Crippen molar-refractivity contribution in [3.63, 3.8) is 0 Å². The summed E-state index contributed by atoms with van der Waals surface area (Å²) in [4.78, 5) is 11.1. The topological polar surface area (TPSA) is 59.6 Å². The number of rotatable bonds is 5. The third-order valence-corrected chi connectivity index (χ3v) is 8.09. The van der Waals surface area contributed by atoms with Gasteiger partial charge in [0, 0.05) is 35.5 Å². The van der Waals surface area contributed by atoms with Crippen LogP contribution in [0, 0.1) is 12.5 Å². The Hall–Kier alpha value is -3.47. The van der Waals surface area contributed by atoms with Gasteiger partial charge in [-0.05, 0) is 62.7 Å². The molecule has 178 valence electrons. The Labute approximate surface area is 206 Å². The molecule has 0 atom stereocenters. The second-order valence-electron chi connectivity index (χ2n) is 9.45. The smallest absolute Gasteiger partial charge is 0.187 e. The van der Waals surface area contributed by atoms with E-state index < -0.39 is 9.84 Å². The summed E-state index contributed by atoms with van der Waals surface area (Å²) in [6, 6.07) is 16.6. The van der Waals surface area contributed by atoms with Crippen LogP contribution in [0.15, 0.2) is 71.9 Å². The molecule has 7 heteroatoms. The van der Waals surface area contributed by atoms with Crippen LogP contribution in [0.2, 0.25) is 0 Å². The molecule has 3 heterocycles. The van der Waals surface area contributed by atoms with Crippen molar-refractivity contribution in [2.45, 2.75) is 24.3 Å². The monoisotopic (exact) mass is 484 g/mol. The fourth-order valence-corrected chi connectivity index (χ4v) is 5.54. The Morgan fingerprint density at radius 2 is 1.66 bits per heavy atom. The van der Waals surface area contributed by atoms with Crippen molar-refractivity contribution >= 4 is 26.4 Å². The molecule has 1 fully saturated rings. The molecule has 6 nitrogen and oxygen atoms in total. The van der Waals surface area contributed by atoms with Gasteiger partial charge in [0.1, 0.15) is 0 Å². The maximum absolute atomic E-state index is 11.9. The molecule has 0 bridgehead atoms. The van der Waals surface area contributed by atoms with E-state index in [0.29, 0.717) is 11.6 Å². The van der Waals surface area contributed by atoms with Crippen molar-refractivity contribution in [3.05, 3.63) is 78.4 Å². The summed E-state index contributed by atoms with van der Waals surface area (Å²) < 4.78 is 26.2. The van der Waals surface area contributed by atoms with Crippen LogP contribution >= 0.6 is 0 Å². The SMILES string of the molecule is [C-]#[N+]c1ccc(-c2c(-c3ccc(S(C)(=O)=O)cc3)ncc3c2ccn3CC2CCN(C)CC2)cc1. The largest absolute Gasteiger partial charge is 0.346 e. The van der Waals surface area contributed by atoms with Gasteiger partial charge < -0.3 is 9.47 Å². The van der Waals surface area contributed by atoms with E-state index in [1.807, 2.05) is 42.6 Å². The first-order chi connectivity index (χ1) is 16.8. The molecule has 4 aromatic rings. The van der Waals surface area contributed by atoms with Gasteiger partial charge >= 0.3 is 0 Å². The Balaban J connectivity index is 1.62. The van der Waals surface area contributed by atoms with Gasteiger partial charge in [-0.2, -0.15) is 0 Å². The van der Waals surface area contributed by atoms with E-state index in [1.54, 1.807) is 12.1 Å². The number of aromatic nitrogens is 2. The van der Waals surface area contributed by atoms with Crippen LogP contribution in [0.25, 0.3) is 38.1 Å². The molecule has 1 aliphatic heterocycles. The van der Waals surface area contributed by atoms with Gasteiger partial charge in [-0.1, -0.05) is 36.4 Å². The number of hydrogen-bond donors (Lipinski definition) is 0. The third-order valence-electron chi connectivity index (χ3n) is 6.96. The average Bonchev–Trinajstić information content (AvgIpc) is 3.27. The van der Waals surface area contributed by atoms with E-state index in [1.165, 1.54) is 19.1 Å². The van der Waals surface area contributed by atoms with Gasteiger partial charge in [0.05, 0.1) is 28.9 Å². The standard InChI is InChI=1S/C28H28N4O2S/c1-29-23-8-4-21(5-9-23)27-25-14-17-32(19-20-12-15-31(2)16-13-20)26(25)18-30-28(27)22-6-10-24(11-7-22)35(3,33)34/h4-11,14,17-18,20H,12-13,15-16,19H2,2-3H3. The quantitative estimate of drug-likeness (QED) is 0.343. The van der Waals surface area contributed by atoms with Gasteiger partial charge in [-0.25, -0.2) is 13.3 Å². The van der Waals surface area contributed by atoms with Crippen LogP contribution in [0.3, 0.4) is 0 Å². The summed E-state index contributed by atoms with van der Waals surface area (Å²) in [5.41, 5.74) is 5.30. The molecule has 1 aliphatic rings. The van der Waals surface area contributed by atoms with Crippen molar-refractivity contribution in [1.82, 2.24) is 14.5 Å². The van der Waals surface area contributed by atoms with Crippen molar-refractivity contribution in [2.75, 3.05) is 26.4 Å². The average molecular weight is 485 g/mol. The van der Waals surface area contributed by atoms with Gasteiger partial charge in [0.15, 0.2) is 15.5 Å². The number of fused-ring (bicyclic) bond motifs is 1. The highest BCUT2D eigenvalue weighted by molar-refractivity contribution is 7.90. The molecule has 35 heavy (non-hydrogen) atoms. The molecule has 2 aromatic carbocycles. The number of pyridine rings is 1. The van der Waals surface area contributed by atoms with E-state index in [2.05, 4.69) is 33.6 Å². The van der Waals surface area contributed by atoms with Gasteiger partial charge in [0.25, 0.3) is 0 Å². The van der Waals surface area contributed by atoms with Crippen LogP contribution in [0.5, 0.6) is 0 Å². The van der Waals surface area contributed by atoms with Crippen LogP contribution in [0.4, 0.5) is 5.69 Å². The third kappa shape index (κ3) is 4.72. The zero-order valence-corrected chi connectivity index (χ0v) is 20.8. The van der Waals surface area contributed by atoms with Gasteiger partial charge in [-0.15, -0.1) is 0 Å². The summed E-state index contributed by atoms with van der Waals surface area (Å²) in [5, 5.41) is 1.10. The molecule has 0 spiro atoms. The summed E-state index contributed by atoms with van der Waals surface area (Å²) >= 11 is 0. The molecule has 0 aliphatic carbocycles.